The summed E-state index contributed by atoms with van der Waals surface area (Å²) in [6, 6.07) is 1.78. The molecule has 2 fully saturated rings. The lowest BCUT2D eigenvalue weighted by atomic mass is 9.87. The quantitative estimate of drug-likeness (QED) is 0.583. The van der Waals surface area contributed by atoms with Gasteiger partial charge in [0, 0.05) is 24.1 Å². The summed E-state index contributed by atoms with van der Waals surface area (Å²) in [7, 11) is 0. The van der Waals surface area contributed by atoms with E-state index in [2.05, 4.69) is 25.6 Å². The Morgan fingerprint density at radius 2 is 1.97 bits per heavy atom. The number of pyridine rings is 1. The van der Waals surface area contributed by atoms with E-state index in [9.17, 15) is 13.6 Å². The summed E-state index contributed by atoms with van der Waals surface area (Å²) in [5.41, 5.74) is 12.7. The Kier molecular flexibility index (Phi) is 5.03. The Bertz CT molecular complexity index is 902. The van der Waals surface area contributed by atoms with Crippen molar-refractivity contribution in [2.75, 3.05) is 10.6 Å². The van der Waals surface area contributed by atoms with Crippen molar-refractivity contribution in [3.63, 3.8) is 0 Å². The Morgan fingerprint density at radius 1 is 1.17 bits per heavy atom. The van der Waals surface area contributed by atoms with Gasteiger partial charge in [-0.25, -0.2) is 18.7 Å². The van der Waals surface area contributed by atoms with Crippen molar-refractivity contribution in [1.29, 1.82) is 0 Å². The molecule has 2 atom stereocenters. The Hall–Kier alpha value is -2.88. The van der Waals surface area contributed by atoms with Gasteiger partial charge in [-0.1, -0.05) is 0 Å². The minimum atomic E-state index is -2.94. The fourth-order valence-electron chi connectivity index (χ4n) is 3.51. The molecule has 2 aliphatic rings. The van der Waals surface area contributed by atoms with E-state index >= 15 is 0 Å². The van der Waals surface area contributed by atoms with E-state index in [1.54, 1.807) is 6.20 Å². The molecule has 1 amide bonds. The highest BCUT2D eigenvalue weighted by Gasteiger charge is 2.44. The van der Waals surface area contributed by atoms with Crippen molar-refractivity contribution < 1.29 is 13.6 Å². The average Bonchev–Trinajstić information content (AvgIpc) is 3.51. The van der Waals surface area contributed by atoms with Crippen LogP contribution < -0.4 is 22.1 Å². The van der Waals surface area contributed by atoms with Crippen molar-refractivity contribution >= 4 is 23.2 Å². The number of nitrogens with zero attached hydrogens (tertiary/aromatic N) is 3. The number of hydrogen-bond acceptors (Lipinski definition) is 7. The molecule has 2 saturated carbocycles. The Balaban J connectivity index is 1.54. The van der Waals surface area contributed by atoms with Crippen LogP contribution in [0.15, 0.2) is 24.5 Å². The molecule has 0 bridgehead atoms. The van der Waals surface area contributed by atoms with Gasteiger partial charge in [-0.15, -0.1) is 0 Å². The summed E-state index contributed by atoms with van der Waals surface area (Å²) in [5.74, 6) is -2.81. The zero-order chi connectivity index (χ0) is 20.6. The van der Waals surface area contributed by atoms with Crippen LogP contribution >= 0.6 is 0 Å². The summed E-state index contributed by atoms with van der Waals surface area (Å²) >= 11 is 0. The Morgan fingerprint density at radius 3 is 2.62 bits per heavy atom. The maximum atomic E-state index is 13.9. The molecule has 6 N–H and O–H groups in total. The molecule has 2 aliphatic carbocycles. The van der Waals surface area contributed by atoms with Crippen LogP contribution in [0.2, 0.25) is 0 Å². The number of hydrogen-bond donors (Lipinski definition) is 4. The number of nitrogens with two attached hydrogens (primary N) is 2. The van der Waals surface area contributed by atoms with Crippen LogP contribution in [-0.4, -0.2) is 38.9 Å². The van der Waals surface area contributed by atoms with Crippen LogP contribution in [0.25, 0.3) is 0 Å². The second kappa shape index (κ2) is 7.51. The predicted molar refractivity (Wildman–Crippen MR) is 104 cm³/mol. The zero-order valence-corrected chi connectivity index (χ0v) is 15.7. The molecular weight excluding hydrogens is 380 g/mol. The van der Waals surface area contributed by atoms with E-state index in [-0.39, 0.29) is 23.8 Å². The standard InChI is InChI=1S/C19H23F2N7O/c20-19(21)7-1-2-13(16(19)22)27-14-9-25-15(17(23)29)18(28-14)26-11-5-6-12(24-8-11)10-3-4-10/h5-6,8-10,13,16H,1-4,7,22H2,(H2,23,29)(H2,26,27,28)/t13-,16-/m1/s1. The van der Waals surface area contributed by atoms with Gasteiger partial charge >= 0.3 is 0 Å². The number of carbonyl (C=O) groups is 1. The highest BCUT2D eigenvalue weighted by molar-refractivity contribution is 5.96. The van der Waals surface area contributed by atoms with Gasteiger partial charge in [0.05, 0.1) is 24.1 Å². The first kappa shape index (κ1) is 19.4. The fourth-order valence-corrected chi connectivity index (χ4v) is 3.51. The number of primary amides is 1. The van der Waals surface area contributed by atoms with E-state index in [0.29, 0.717) is 24.4 Å². The molecule has 2 heterocycles. The van der Waals surface area contributed by atoms with Crippen molar-refractivity contribution in [3.8, 4) is 0 Å². The number of amides is 1. The van der Waals surface area contributed by atoms with E-state index in [1.165, 1.54) is 6.20 Å². The first-order chi connectivity index (χ1) is 13.8. The third kappa shape index (κ3) is 4.26. The largest absolute Gasteiger partial charge is 0.364 e. The van der Waals surface area contributed by atoms with E-state index in [0.717, 1.165) is 18.5 Å². The summed E-state index contributed by atoms with van der Waals surface area (Å²) in [6.07, 6.45) is 5.85. The van der Waals surface area contributed by atoms with Crippen LogP contribution in [0, 0.1) is 0 Å². The van der Waals surface area contributed by atoms with Gasteiger partial charge in [0.1, 0.15) is 5.82 Å². The number of alkyl halides is 2. The highest BCUT2D eigenvalue weighted by atomic mass is 19.3. The lowest BCUT2D eigenvalue weighted by Gasteiger charge is -2.36. The molecule has 0 radical (unpaired) electrons. The molecule has 0 spiro atoms. The van der Waals surface area contributed by atoms with Gasteiger partial charge in [0.2, 0.25) is 0 Å². The molecule has 0 unspecified atom stereocenters. The van der Waals surface area contributed by atoms with Gasteiger partial charge < -0.3 is 22.1 Å². The number of nitrogens with one attached hydrogen (secondary N) is 2. The average molecular weight is 403 g/mol. The first-order valence-corrected chi connectivity index (χ1v) is 9.63. The minimum Gasteiger partial charge on any atom is -0.364 e. The van der Waals surface area contributed by atoms with E-state index in [4.69, 9.17) is 11.5 Å². The predicted octanol–water partition coefficient (Wildman–Crippen LogP) is 2.52. The minimum absolute atomic E-state index is 0.0555. The van der Waals surface area contributed by atoms with Crippen molar-refractivity contribution in [1.82, 2.24) is 15.0 Å². The second-order valence-corrected chi connectivity index (χ2v) is 7.62. The lowest BCUT2D eigenvalue weighted by Crippen LogP contribution is -2.55. The highest BCUT2D eigenvalue weighted by Crippen LogP contribution is 2.39. The zero-order valence-electron chi connectivity index (χ0n) is 15.7. The van der Waals surface area contributed by atoms with Gasteiger partial charge in [-0.2, -0.15) is 0 Å². The molecule has 10 heteroatoms. The normalized spacial score (nSPS) is 23.4. The summed E-state index contributed by atoms with van der Waals surface area (Å²) in [4.78, 5) is 24.5. The molecule has 4 rings (SSSR count). The molecule has 29 heavy (non-hydrogen) atoms. The fraction of sp³-hybridized carbons (Fsp3) is 0.474. The van der Waals surface area contributed by atoms with Crippen LogP contribution in [0.5, 0.6) is 0 Å². The number of anilines is 3. The Labute approximate surface area is 166 Å². The van der Waals surface area contributed by atoms with Crippen molar-refractivity contribution in [2.45, 2.75) is 56.0 Å². The van der Waals surface area contributed by atoms with Crippen molar-refractivity contribution in [3.05, 3.63) is 35.9 Å². The molecular formula is C19H23F2N7O. The van der Waals surface area contributed by atoms with Crippen LogP contribution in [-0.2, 0) is 0 Å². The SMILES string of the molecule is NC(=O)c1ncc(N[C@@H]2CCCC(F)(F)[C@@H]2N)nc1Nc1ccc(C2CC2)nc1. The van der Waals surface area contributed by atoms with Crippen LogP contribution in [0.4, 0.5) is 26.1 Å². The maximum absolute atomic E-state index is 13.9. The number of rotatable bonds is 6. The molecule has 8 nitrogen and oxygen atoms in total. The van der Waals surface area contributed by atoms with Gasteiger partial charge in [-0.3, -0.25) is 9.78 Å². The van der Waals surface area contributed by atoms with Crippen molar-refractivity contribution in [2.24, 2.45) is 11.5 Å². The van der Waals surface area contributed by atoms with E-state index in [1.807, 2.05) is 12.1 Å². The molecule has 0 aliphatic heterocycles. The maximum Gasteiger partial charge on any atom is 0.271 e. The van der Waals surface area contributed by atoms with Crippen LogP contribution in [0.3, 0.4) is 0 Å². The lowest BCUT2D eigenvalue weighted by molar-refractivity contribution is -0.0554. The molecule has 0 saturated heterocycles. The second-order valence-electron chi connectivity index (χ2n) is 7.62. The number of carbonyl (C=O) groups excluding carboxylic acids is 1. The third-order valence-corrected chi connectivity index (χ3v) is 5.33. The first-order valence-electron chi connectivity index (χ1n) is 9.63. The number of aromatic nitrogens is 3. The molecule has 0 aromatic carbocycles. The van der Waals surface area contributed by atoms with Gasteiger partial charge in [0.15, 0.2) is 11.5 Å². The van der Waals surface area contributed by atoms with E-state index < -0.39 is 23.9 Å². The van der Waals surface area contributed by atoms with Gasteiger partial charge in [-0.05, 0) is 37.8 Å². The monoisotopic (exact) mass is 403 g/mol. The molecule has 154 valence electrons. The topological polar surface area (TPSA) is 132 Å². The van der Waals surface area contributed by atoms with Gasteiger partial charge in [0.25, 0.3) is 11.8 Å². The molecule has 2 aromatic rings. The summed E-state index contributed by atoms with van der Waals surface area (Å²) in [5, 5.41) is 5.91. The third-order valence-electron chi connectivity index (χ3n) is 5.33. The number of halogens is 2. The summed E-state index contributed by atoms with van der Waals surface area (Å²) in [6.45, 7) is 0. The summed E-state index contributed by atoms with van der Waals surface area (Å²) < 4.78 is 27.8. The van der Waals surface area contributed by atoms with Crippen LogP contribution in [0.1, 0.15) is 54.2 Å². The molecule has 2 aromatic heterocycles. The smallest absolute Gasteiger partial charge is 0.271 e.